The summed E-state index contributed by atoms with van der Waals surface area (Å²) in [4.78, 5) is 19.4. The molecule has 0 bridgehead atoms. The normalized spacial score (nSPS) is 10.9. The average molecular weight is 416 g/mol. The zero-order chi connectivity index (χ0) is 21.7. The summed E-state index contributed by atoms with van der Waals surface area (Å²) in [5, 5.41) is 2.59. The van der Waals surface area contributed by atoms with Crippen molar-refractivity contribution in [2.24, 2.45) is 0 Å². The third-order valence-electron chi connectivity index (χ3n) is 3.70. The van der Waals surface area contributed by atoms with E-state index in [4.69, 9.17) is 10.5 Å². The number of rotatable bonds is 6. The largest absolute Gasteiger partial charge is 0.573 e. The maximum Gasteiger partial charge on any atom is 0.573 e. The van der Waals surface area contributed by atoms with Crippen molar-refractivity contribution in [2.75, 3.05) is 11.1 Å². The molecule has 7 nitrogen and oxygen atoms in total. The molecule has 0 atom stereocenters. The zero-order valence-corrected chi connectivity index (χ0v) is 15.3. The second kappa shape index (κ2) is 8.52. The maximum absolute atomic E-state index is 12.5. The molecule has 3 rings (SSSR count). The van der Waals surface area contributed by atoms with E-state index in [1.807, 2.05) is 0 Å². The van der Waals surface area contributed by atoms with Gasteiger partial charge in [-0.15, -0.1) is 13.2 Å². The van der Waals surface area contributed by atoms with Gasteiger partial charge in [-0.2, -0.15) is 0 Å². The molecule has 0 saturated carbocycles. The Morgan fingerprint density at radius 1 is 1.10 bits per heavy atom. The van der Waals surface area contributed by atoms with Crippen LogP contribution in [0.4, 0.5) is 24.7 Å². The number of nitrogens with zero attached hydrogens (tertiary/aromatic N) is 2. The van der Waals surface area contributed by atoms with Gasteiger partial charge in [0.25, 0.3) is 0 Å². The highest BCUT2D eigenvalue weighted by molar-refractivity contribution is 5.98. The third kappa shape index (κ3) is 5.25. The highest BCUT2D eigenvalue weighted by Crippen LogP contribution is 2.37. The average Bonchev–Trinajstić information content (AvgIpc) is 2.67. The van der Waals surface area contributed by atoms with Crippen LogP contribution in [0, 0.1) is 0 Å². The topological polar surface area (TPSA) is 99.4 Å². The van der Waals surface area contributed by atoms with Crippen LogP contribution in [0.1, 0.15) is 0 Å². The van der Waals surface area contributed by atoms with E-state index < -0.39 is 18.0 Å². The monoisotopic (exact) mass is 416 g/mol. The van der Waals surface area contributed by atoms with Gasteiger partial charge in [0.15, 0.2) is 0 Å². The number of benzene rings is 2. The molecule has 1 amide bonds. The standard InChI is InChI=1S/C20H15F3N4O3/c1-2-16(28)27-13-6-4-7-14(10-13)29-19-17(18(24)25-11-26-19)12-5-3-8-15(9-12)30-20(21,22)23/h2-11H,1H2,(H,27,28)(H2,24,25,26). The molecular weight excluding hydrogens is 401 g/mol. The Morgan fingerprint density at radius 3 is 2.57 bits per heavy atom. The van der Waals surface area contributed by atoms with Crippen LogP contribution in [0.5, 0.6) is 17.4 Å². The molecule has 0 fully saturated rings. The van der Waals surface area contributed by atoms with Gasteiger partial charge in [0.05, 0.1) is 5.56 Å². The van der Waals surface area contributed by atoms with Crippen LogP contribution in [-0.4, -0.2) is 22.2 Å². The molecule has 0 aliphatic rings. The van der Waals surface area contributed by atoms with Crippen LogP contribution in [0.3, 0.4) is 0 Å². The van der Waals surface area contributed by atoms with Crippen molar-refractivity contribution in [1.82, 2.24) is 9.97 Å². The summed E-state index contributed by atoms with van der Waals surface area (Å²) in [5.41, 5.74) is 6.83. The first kappa shape index (κ1) is 20.6. The lowest BCUT2D eigenvalue weighted by Gasteiger charge is -2.14. The van der Waals surface area contributed by atoms with Crippen LogP contribution in [0.25, 0.3) is 11.1 Å². The minimum atomic E-state index is -4.84. The number of carbonyl (C=O) groups excluding carboxylic acids is 1. The maximum atomic E-state index is 12.5. The Balaban J connectivity index is 1.95. The molecule has 2 aromatic carbocycles. The van der Waals surface area contributed by atoms with E-state index in [9.17, 15) is 18.0 Å². The van der Waals surface area contributed by atoms with E-state index in [2.05, 4.69) is 26.6 Å². The van der Waals surface area contributed by atoms with E-state index in [0.29, 0.717) is 11.4 Å². The summed E-state index contributed by atoms with van der Waals surface area (Å²) in [6.07, 6.45) is -2.56. The Morgan fingerprint density at radius 2 is 1.83 bits per heavy atom. The number of alkyl halides is 3. The van der Waals surface area contributed by atoms with Gasteiger partial charge in [0, 0.05) is 11.8 Å². The van der Waals surface area contributed by atoms with Gasteiger partial charge in [-0.3, -0.25) is 4.79 Å². The summed E-state index contributed by atoms with van der Waals surface area (Å²) in [6.45, 7) is 3.38. The molecule has 0 aliphatic heterocycles. The SMILES string of the molecule is C=CC(=O)Nc1cccc(Oc2ncnc(N)c2-c2cccc(OC(F)(F)F)c2)c1. The second-order valence-electron chi connectivity index (χ2n) is 5.84. The molecule has 3 aromatic rings. The molecule has 1 heterocycles. The molecule has 1 aromatic heterocycles. The van der Waals surface area contributed by atoms with Crippen molar-refractivity contribution in [3.63, 3.8) is 0 Å². The van der Waals surface area contributed by atoms with Crippen LogP contribution >= 0.6 is 0 Å². The molecule has 0 radical (unpaired) electrons. The molecular formula is C20H15F3N4O3. The third-order valence-corrected chi connectivity index (χ3v) is 3.70. The van der Waals surface area contributed by atoms with Crippen LogP contribution < -0.4 is 20.5 Å². The predicted octanol–water partition coefficient (Wildman–Crippen LogP) is 4.54. The number of anilines is 2. The van der Waals surface area contributed by atoms with Gasteiger partial charge in [-0.05, 0) is 35.9 Å². The summed E-state index contributed by atoms with van der Waals surface area (Å²) >= 11 is 0. The van der Waals surface area contributed by atoms with E-state index in [0.717, 1.165) is 24.5 Å². The van der Waals surface area contributed by atoms with Crippen molar-refractivity contribution < 1.29 is 27.4 Å². The number of nitrogens with one attached hydrogen (secondary N) is 1. The fraction of sp³-hybridized carbons (Fsp3) is 0.0500. The van der Waals surface area contributed by atoms with Gasteiger partial charge < -0.3 is 20.5 Å². The molecule has 154 valence electrons. The zero-order valence-electron chi connectivity index (χ0n) is 15.3. The fourth-order valence-corrected chi connectivity index (χ4v) is 2.52. The first-order chi connectivity index (χ1) is 14.2. The van der Waals surface area contributed by atoms with Crippen LogP contribution in [0.2, 0.25) is 0 Å². The van der Waals surface area contributed by atoms with Crippen LogP contribution in [-0.2, 0) is 4.79 Å². The first-order valence-corrected chi connectivity index (χ1v) is 8.43. The fourth-order valence-electron chi connectivity index (χ4n) is 2.52. The number of hydrogen-bond donors (Lipinski definition) is 2. The summed E-state index contributed by atoms with van der Waals surface area (Å²) < 4.78 is 47.4. The summed E-state index contributed by atoms with van der Waals surface area (Å²) in [7, 11) is 0. The van der Waals surface area contributed by atoms with Crippen LogP contribution in [0.15, 0.2) is 67.5 Å². The number of carbonyl (C=O) groups is 1. The Labute approximate surface area is 169 Å². The number of hydrogen-bond acceptors (Lipinski definition) is 6. The van der Waals surface area contributed by atoms with Gasteiger partial charge in [-0.1, -0.05) is 24.8 Å². The van der Waals surface area contributed by atoms with Gasteiger partial charge in [-0.25, -0.2) is 9.97 Å². The molecule has 0 saturated heterocycles. The molecule has 30 heavy (non-hydrogen) atoms. The summed E-state index contributed by atoms with van der Waals surface area (Å²) in [5.74, 6) is -0.512. The van der Waals surface area contributed by atoms with E-state index in [-0.39, 0.29) is 22.8 Å². The molecule has 10 heteroatoms. The van der Waals surface area contributed by atoms with Crippen molar-refractivity contribution in [2.45, 2.75) is 6.36 Å². The van der Waals surface area contributed by atoms with Crippen molar-refractivity contribution in [1.29, 1.82) is 0 Å². The van der Waals surface area contributed by atoms with Crippen molar-refractivity contribution in [3.05, 3.63) is 67.5 Å². The number of halogens is 3. The minimum Gasteiger partial charge on any atom is -0.438 e. The number of aromatic nitrogens is 2. The number of amides is 1. The number of ether oxygens (including phenoxy) is 2. The Kier molecular flexibility index (Phi) is 5.86. The lowest BCUT2D eigenvalue weighted by atomic mass is 10.1. The van der Waals surface area contributed by atoms with Crippen molar-refractivity contribution in [3.8, 4) is 28.5 Å². The van der Waals surface area contributed by atoms with E-state index in [1.165, 1.54) is 18.2 Å². The molecule has 0 unspecified atom stereocenters. The number of nitrogen functional groups attached to an aromatic ring is 1. The molecule has 3 N–H and O–H groups in total. The minimum absolute atomic E-state index is 0.000253. The first-order valence-electron chi connectivity index (χ1n) is 8.43. The predicted molar refractivity (Wildman–Crippen MR) is 104 cm³/mol. The Bertz CT molecular complexity index is 1090. The highest BCUT2D eigenvalue weighted by Gasteiger charge is 2.31. The van der Waals surface area contributed by atoms with Crippen molar-refractivity contribution >= 4 is 17.4 Å². The second-order valence-corrected chi connectivity index (χ2v) is 5.84. The quantitative estimate of drug-likeness (QED) is 0.573. The lowest BCUT2D eigenvalue weighted by Crippen LogP contribution is -2.17. The highest BCUT2D eigenvalue weighted by atomic mass is 19.4. The van der Waals surface area contributed by atoms with E-state index in [1.54, 1.807) is 18.2 Å². The van der Waals surface area contributed by atoms with Gasteiger partial charge >= 0.3 is 6.36 Å². The summed E-state index contributed by atoms with van der Waals surface area (Å²) in [6, 6.07) is 11.6. The smallest absolute Gasteiger partial charge is 0.438 e. The molecule has 0 spiro atoms. The van der Waals surface area contributed by atoms with E-state index >= 15 is 0 Å². The Hall–Kier alpha value is -4.08. The molecule has 0 aliphatic carbocycles. The van der Waals surface area contributed by atoms with Gasteiger partial charge in [0.1, 0.15) is 23.6 Å². The van der Waals surface area contributed by atoms with Gasteiger partial charge in [0.2, 0.25) is 11.8 Å². The lowest BCUT2D eigenvalue weighted by molar-refractivity contribution is -0.274. The number of nitrogens with two attached hydrogens (primary N) is 1.